The zero-order chi connectivity index (χ0) is 21.7. The van der Waals surface area contributed by atoms with Crippen LogP contribution in [0.2, 0.25) is 0 Å². The van der Waals surface area contributed by atoms with Crippen LogP contribution in [-0.2, 0) is 0 Å². The van der Waals surface area contributed by atoms with E-state index >= 15 is 0 Å². The van der Waals surface area contributed by atoms with Crippen LogP contribution < -0.4 is 5.73 Å². The molecule has 3 aromatic rings. The number of anilines is 1. The zero-order valence-corrected chi connectivity index (χ0v) is 18.4. The van der Waals surface area contributed by atoms with Gasteiger partial charge in [0.25, 0.3) is 0 Å². The van der Waals surface area contributed by atoms with Crippen molar-refractivity contribution in [1.82, 2.24) is 24.7 Å². The van der Waals surface area contributed by atoms with Crippen LogP contribution in [0.4, 0.5) is 14.6 Å². The molecule has 0 amide bonds. The van der Waals surface area contributed by atoms with Crippen molar-refractivity contribution < 1.29 is 8.78 Å². The van der Waals surface area contributed by atoms with Gasteiger partial charge in [-0.3, -0.25) is 9.98 Å². The highest BCUT2D eigenvalue weighted by Gasteiger charge is 2.31. The van der Waals surface area contributed by atoms with E-state index in [1.807, 2.05) is 13.0 Å². The summed E-state index contributed by atoms with van der Waals surface area (Å²) in [5.74, 6) is -0.704. The Labute approximate surface area is 189 Å². The van der Waals surface area contributed by atoms with Gasteiger partial charge in [0.1, 0.15) is 27.5 Å². The highest BCUT2D eigenvalue weighted by molar-refractivity contribution is 14.1. The minimum absolute atomic E-state index is 0.261. The van der Waals surface area contributed by atoms with E-state index in [1.54, 1.807) is 17.0 Å². The standard InChI is InChI=1S/C21H16F2IN7/c1-10(31-21-17(19(24)30-31)20(25)27-9-28-21)18-15(12-5-14(23)8-26-7-12)6-11-4-13(22)2-3-16(11)29-18/h2-11,16H,1H3,(H2,25,27,28). The number of fused-ring (bicyclic) bond motifs is 2. The molecule has 5 rings (SSSR count). The minimum Gasteiger partial charge on any atom is -0.383 e. The molecule has 1 aliphatic carbocycles. The maximum absolute atomic E-state index is 14.0. The number of aromatic nitrogens is 5. The first-order valence-electron chi connectivity index (χ1n) is 9.53. The van der Waals surface area contributed by atoms with E-state index in [9.17, 15) is 8.78 Å². The number of allylic oxidation sites excluding steroid dienone is 3. The van der Waals surface area contributed by atoms with Crippen molar-refractivity contribution in [3.05, 3.63) is 70.0 Å². The fourth-order valence-electron chi connectivity index (χ4n) is 3.92. The number of hydrogen-bond acceptors (Lipinski definition) is 6. The maximum atomic E-state index is 14.0. The number of pyridine rings is 1. The van der Waals surface area contributed by atoms with Gasteiger partial charge in [0, 0.05) is 23.3 Å². The third-order valence-corrected chi connectivity index (χ3v) is 6.13. The summed E-state index contributed by atoms with van der Waals surface area (Å²) in [5.41, 5.74) is 8.53. The third-order valence-electron chi connectivity index (χ3n) is 5.38. The summed E-state index contributed by atoms with van der Waals surface area (Å²) in [7, 11) is 0. The second kappa shape index (κ2) is 7.59. The number of nitrogens with two attached hydrogens (primary N) is 1. The molecule has 0 aromatic carbocycles. The lowest BCUT2D eigenvalue weighted by Crippen LogP contribution is -2.29. The number of nitrogen functional groups attached to an aromatic ring is 1. The Morgan fingerprint density at radius 2 is 2.03 bits per heavy atom. The first-order valence-corrected chi connectivity index (χ1v) is 10.6. The molecule has 3 atom stereocenters. The predicted molar refractivity (Wildman–Crippen MR) is 122 cm³/mol. The Hall–Kier alpha value is -3.02. The van der Waals surface area contributed by atoms with Crippen LogP contribution >= 0.6 is 22.6 Å². The summed E-state index contributed by atoms with van der Waals surface area (Å²) in [6, 6.07) is 0.772. The van der Waals surface area contributed by atoms with E-state index in [1.165, 1.54) is 24.5 Å². The lowest BCUT2D eigenvalue weighted by Gasteiger charge is -2.29. The quantitative estimate of drug-likeness (QED) is 0.515. The smallest absolute Gasteiger partial charge is 0.165 e. The van der Waals surface area contributed by atoms with E-state index in [4.69, 9.17) is 10.7 Å². The van der Waals surface area contributed by atoms with Crippen molar-refractivity contribution in [3.63, 3.8) is 0 Å². The van der Waals surface area contributed by atoms with Gasteiger partial charge in [0.15, 0.2) is 5.65 Å². The van der Waals surface area contributed by atoms with Crippen LogP contribution in [0.3, 0.4) is 0 Å². The molecule has 4 heterocycles. The van der Waals surface area contributed by atoms with E-state index in [0.29, 0.717) is 37.4 Å². The maximum Gasteiger partial charge on any atom is 0.165 e. The van der Waals surface area contributed by atoms with Gasteiger partial charge in [0.05, 0.1) is 29.4 Å². The summed E-state index contributed by atoms with van der Waals surface area (Å²) >= 11 is 2.10. The molecule has 3 unspecified atom stereocenters. The van der Waals surface area contributed by atoms with Crippen molar-refractivity contribution in [1.29, 1.82) is 0 Å². The minimum atomic E-state index is -0.461. The molecule has 156 valence electrons. The van der Waals surface area contributed by atoms with Crippen molar-refractivity contribution >= 4 is 50.7 Å². The van der Waals surface area contributed by atoms with E-state index in [-0.39, 0.29) is 23.8 Å². The molecule has 7 nitrogen and oxygen atoms in total. The largest absolute Gasteiger partial charge is 0.383 e. The monoisotopic (exact) mass is 531 g/mol. The summed E-state index contributed by atoms with van der Waals surface area (Å²) in [6.45, 7) is 1.93. The molecular weight excluding hydrogens is 515 g/mol. The Morgan fingerprint density at radius 3 is 2.84 bits per heavy atom. The van der Waals surface area contributed by atoms with Gasteiger partial charge >= 0.3 is 0 Å². The van der Waals surface area contributed by atoms with Gasteiger partial charge < -0.3 is 5.73 Å². The highest BCUT2D eigenvalue weighted by Crippen LogP contribution is 2.36. The fraction of sp³-hybridized carbons (Fsp3) is 0.190. The second-order valence-corrected chi connectivity index (χ2v) is 8.36. The molecule has 0 spiro atoms. The molecule has 0 bridgehead atoms. The normalized spacial score (nSPS) is 21.4. The summed E-state index contributed by atoms with van der Waals surface area (Å²) in [4.78, 5) is 17.3. The Morgan fingerprint density at radius 1 is 1.19 bits per heavy atom. The number of halogens is 3. The highest BCUT2D eigenvalue weighted by atomic mass is 127. The van der Waals surface area contributed by atoms with Crippen LogP contribution in [0.1, 0.15) is 18.5 Å². The van der Waals surface area contributed by atoms with Crippen LogP contribution in [0.25, 0.3) is 16.6 Å². The zero-order valence-electron chi connectivity index (χ0n) is 16.2. The van der Waals surface area contributed by atoms with Crippen molar-refractivity contribution in [2.24, 2.45) is 10.9 Å². The number of aliphatic imine (C=N–C) groups is 1. The van der Waals surface area contributed by atoms with Gasteiger partial charge in [-0.2, -0.15) is 5.10 Å². The topological polar surface area (TPSA) is 94.9 Å². The number of rotatable bonds is 3. The van der Waals surface area contributed by atoms with Gasteiger partial charge in [-0.05, 0) is 47.7 Å². The summed E-state index contributed by atoms with van der Waals surface area (Å²) in [5, 5.41) is 5.29. The van der Waals surface area contributed by atoms with Gasteiger partial charge in [-0.25, -0.2) is 23.4 Å². The van der Waals surface area contributed by atoms with Crippen molar-refractivity contribution in [2.45, 2.75) is 19.0 Å². The van der Waals surface area contributed by atoms with Crippen LogP contribution in [0.15, 0.2) is 59.9 Å². The number of hydrogen-bond donors (Lipinski definition) is 1. The molecular formula is C21H16F2IN7. The average molecular weight is 531 g/mol. The molecule has 0 fully saturated rings. The van der Waals surface area contributed by atoms with Gasteiger partial charge in [-0.15, -0.1) is 0 Å². The van der Waals surface area contributed by atoms with Gasteiger partial charge in [-0.1, -0.05) is 12.2 Å². The molecule has 10 heteroatoms. The van der Waals surface area contributed by atoms with Crippen LogP contribution in [0.5, 0.6) is 0 Å². The lowest BCUT2D eigenvalue weighted by atomic mass is 9.85. The Balaban J connectivity index is 1.66. The molecule has 31 heavy (non-hydrogen) atoms. The molecule has 2 aliphatic rings. The van der Waals surface area contributed by atoms with Gasteiger partial charge in [0.2, 0.25) is 0 Å². The van der Waals surface area contributed by atoms with E-state index in [0.717, 1.165) is 6.20 Å². The second-order valence-electron chi connectivity index (χ2n) is 7.33. The van der Waals surface area contributed by atoms with E-state index < -0.39 is 5.82 Å². The predicted octanol–water partition coefficient (Wildman–Crippen LogP) is 4.05. The molecule has 3 aromatic heterocycles. The van der Waals surface area contributed by atoms with E-state index in [2.05, 4.69) is 42.6 Å². The summed E-state index contributed by atoms with van der Waals surface area (Å²) < 4.78 is 30.2. The molecule has 0 saturated heterocycles. The fourth-order valence-corrected chi connectivity index (χ4v) is 4.67. The Kier molecular flexibility index (Phi) is 4.88. The summed E-state index contributed by atoms with van der Waals surface area (Å²) in [6.07, 6.45) is 10.7. The first kappa shape index (κ1) is 19.9. The first-order chi connectivity index (χ1) is 14.9. The van der Waals surface area contributed by atoms with Crippen molar-refractivity contribution in [3.8, 4) is 0 Å². The third kappa shape index (κ3) is 3.44. The lowest BCUT2D eigenvalue weighted by molar-refractivity contribution is 0.584. The SMILES string of the molecule is CC(C1=NC2C=CC(F)=CC2C=C1c1cncc(F)c1)n1nc(I)c2c(N)ncnc21. The van der Waals surface area contributed by atoms with Crippen LogP contribution in [-0.4, -0.2) is 36.5 Å². The van der Waals surface area contributed by atoms with Crippen molar-refractivity contribution in [2.75, 3.05) is 5.73 Å². The average Bonchev–Trinajstić information content (AvgIpc) is 3.10. The molecule has 0 radical (unpaired) electrons. The Bertz CT molecular complexity index is 1320. The van der Waals surface area contributed by atoms with Crippen LogP contribution in [0, 0.1) is 15.4 Å². The number of dihydropyridines is 1. The molecule has 2 N–H and O–H groups in total. The molecule has 1 aliphatic heterocycles. The number of nitrogens with zero attached hydrogens (tertiary/aromatic N) is 6. The molecule has 0 saturated carbocycles.